The third-order valence-corrected chi connectivity index (χ3v) is 6.83. The maximum atomic E-state index is 12.8. The lowest BCUT2D eigenvalue weighted by Gasteiger charge is -2.29. The Hall–Kier alpha value is -3.62. The molecule has 2 aromatic heterocycles. The Morgan fingerprint density at radius 2 is 1.86 bits per heavy atom. The van der Waals surface area contributed by atoms with Crippen LogP contribution in [0.3, 0.4) is 0 Å². The minimum atomic E-state index is -4.96. The van der Waals surface area contributed by atoms with Gasteiger partial charge in [-0.15, -0.1) is 0 Å². The average Bonchev–Trinajstić information content (AvgIpc) is 3.28. The predicted octanol–water partition coefficient (Wildman–Crippen LogP) is 4.10. The number of aromatic nitrogens is 3. The second-order valence-corrected chi connectivity index (χ2v) is 9.84. The summed E-state index contributed by atoms with van der Waals surface area (Å²) >= 11 is 0. The molecule has 0 spiro atoms. The summed E-state index contributed by atoms with van der Waals surface area (Å²) in [4.78, 5) is 23.7. The summed E-state index contributed by atoms with van der Waals surface area (Å²) in [5.74, 6) is -2.59. The molecule has 36 heavy (non-hydrogen) atoms. The SMILES string of the molecule is O=C(c1c[nH]c(S(=O)(=O)CC(F)(F)F)n1)N1CCc2c(cccc2Nc2ccc(C(F)(F)F)cn2)C1. The van der Waals surface area contributed by atoms with Crippen LogP contribution in [-0.2, 0) is 29.0 Å². The highest BCUT2D eigenvalue weighted by Gasteiger charge is 2.38. The molecule has 0 fully saturated rings. The number of hydrogen-bond acceptors (Lipinski definition) is 6. The molecular weight excluding hydrogens is 516 g/mol. The number of aromatic amines is 1. The predicted molar refractivity (Wildman–Crippen MR) is 114 cm³/mol. The number of sulfone groups is 1. The number of amides is 1. The third-order valence-electron chi connectivity index (χ3n) is 5.33. The maximum absolute atomic E-state index is 12.8. The smallest absolute Gasteiger partial charge is 0.340 e. The van der Waals surface area contributed by atoms with Gasteiger partial charge >= 0.3 is 12.4 Å². The van der Waals surface area contributed by atoms with Gasteiger partial charge < -0.3 is 15.2 Å². The van der Waals surface area contributed by atoms with E-state index in [1.165, 1.54) is 11.0 Å². The Bertz CT molecular complexity index is 1380. The molecule has 3 heterocycles. The van der Waals surface area contributed by atoms with Crippen molar-refractivity contribution in [3.63, 3.8) is 0 Å². The van der Waals surface area contributed by atoms with Gasteiger partial charge in [0.1, 0.15) is 11.5 Å². The van der Waals surface area contributed by atoms with E-state index in [0.717, 1.165) is 17.8 Å². The number of alkyl halides is 6. The van der Waals surface area contributed by atoms with E-state index >= 15 is 0 Å². The standard InChI is InChI=1S/C21H17F6N5O3S/c22-20(23,24)11-36(34,35)19-29-9-16(31-19)18(33)32-7-6-14-12(10-32)2-1-3-15(14)30-17-5-4-13(8-28-17)21(25,26)27/h1-5,8-9H,6-7,10-11H2,(H,28,30)(H,29,31). The van der Waals surface area contributed by atoms with Crippen LogP contribution in [0.25, 0.3) is 0 Å². The first-order valence-corrected chi connectivity index (χ1v) is 11.9. The van der Waals surface area contributed by atoms with Crippen molar-refractivity contribution in [3.05, 3.63) is 65.1 Å². The van der Waals surface area contributed by atoms with E-state index in [4.69, 9.17) is 0 Å². The number of nitrogens with zero attached hydrogens (tertiary/aromatic N) is 3. The number of H-pyrrole nitrogens is 1. The summed E-state index contributed by atoms with van der Waals surface area (Å²) in [5, 5.41) is 2.02. The molecule has 0 unspecified atom stereocenters. The molecular formula is C21H17F6N5O3S. The van der Waals surface area contributed by atoms with Crippen LogP contribution in [0.4, 0.5) is 37.8 Å². The lowest BCUT2D eigenvalue weighted by Crippen LogP contribution is -2.36. The molecule has 1 aliphatic rings. The number of nitrogens with one attached hydrogen (secondary N) is 2. The molecule has 0 aliphatic carbocycles. The van der Waals surface area contributed by atoms with Gasteiger partial charge in [-0.3, -0.25) is 4.79 Å². The van der Waals surface area contributed by atoms with Crippen molar-refractivity contribution >= 4 is 27.2 Å². The zero-order valence-electron chi connectivity index (χ0n) is 18.1. The van der Waals surface area contributed by atoms with E-state index in [0.29, 0.717) is 23.9 Å². The number of rotatable bonds is 5. The molecule has 0 saturated carbocycles. The van der Waals surface area contributed by atoms with E-state index in [-0.39, 0.29) is 24.6 Å². The van der Waals surface area contributed by atoms with Crippen LogP contribution in [0.1, 0.15) is 27.2 Å². The number of pyridine rings is 1. The van der Waals surface area contributed by atoms with Crippen LogP contribution in [0.2, 0.25) is 0 Å². The molecule has 1 aliphatic heterocycles. The number of benzene rings is 1. The molecule has 0 bridgehead atoms. The Balaban J connectivity index is 1.48. The van der Waals surface area contributed by atoms with Crippen molar-refractivity contribution in [3.8, 4) is 0 Å². The second kappa shape index (κ2) is 9.11. The van der Waals surface area contributed by atoms with Crippen LogP contribution in [0.5, 0.6) is 0 Å². The highest BCUT2D eigenvalue weighted by Crippen LogP contribution is 2.31. The number of hydrogen-bond donors (Lipinski definition) is 2. The summed E-state index contributed by atoms with van der Waals surface area (Å²) in [6, 6.07) is 7.22. The van der Waals surface area contributed by atoms with Gasteiger partial charge in [-0.2, -0.15) is 26.3 Å². The van der Waals surface area contributed by atoms with Crippen molar-refractivity contribution in [1.82, 2.24) is 19.9 Å². The van der Waals surface area contributed by atoms with Gasteiger partial charge in [0.05, 0.1) is 5.56 Å². The van der Waals surface area contributed by atoms with Gasteiger partial charge in [-0.05, 0) is 35.7 Å². The molecule has 0 atom stereocenters. The Kier molecular flexibility index (Phi) is 6.45. The molecule has 2 N–H and O–H groups in total. The first-order chi connectivity index (χ1) is 16.7. The summed E-state index contributed by atoms with van der Waals surface area (Å²) in [7, 11) is -4.80. The fourth-order valence-corrected chi connectivity index (χ4v) is 4.74. The number of fused-ring (bicyclic) bond motifs is 1. The zero-order valence-corrected chi connectivity index (χ0v) is 18.9. The normalized spacial score (nSPS) is 14.4. The number of imidazole rings is 1. The number of carbonyl (C=O) groups excluding carboxylic acids is 1. The van der Waals surface area contributed by atoms with Crippen molar-refractivity contribution in [1.29, 1.82) is 0 Å². The first kappa shape index (κ1) is 25.5. The van der Waals surface area contributed by atoms with Crippen LogP contribution in [0.15, 0.2) is 47.9 Å². The summed E-state index contributed by atoms with van der Waals surface area (Å²) in [6.45, 7) is 0.282. The van der Waals surface area contributed by atoms with Gasteiger partial charge in [0.15, 0.2) is 5.75 Å². The molecule has 192 valence electrons. The molecule has 15 heteroatoms. The van der Waals surface area contributed by atoms with Gasteiger partial charge in [-0.25, -0.2) is 18.4 Å². The highest BCUT2D eigenvalue weighted by atomic mass is 32.2. The number of anilines is 2. The minimum absolute atomic E-state index is 0.0988. The van der Waals surface area contributed by atoms with E-state index in [9.17, 15) is 39.6 Å². The van der Waals surface area contributed by atoms with Crippen LogP contribution in [0, 0.1) is 0 Å². The Morgan fingerprint density at radius 1 is 1.11 bits per heavy atom. The number of halogens is 6. The molecule has 1 aromatic carbocycles. The van der Waals surface area contributed by atoms with E-state index in [1.807, 2.05) is 0 Å². The van der Waals surface area contributed by atoms with E-state index in [1.54, 1.807) is 18.2 Å². The topological polar surface area (TPSA) is 108 Å². The minimum Gasteiger partial charge on any atom is -0.340 e. The van der Waals surface area contributed by atoms with Crippen LogP contribution in [-0.4, -0.2) is 52.7 Å². The zero-order chi connectivity index (χ0) is 26.3. The summed E-state index contributed by atoms with van der Waals surface area (Å²) in [6.07, 6.45) is -7.48. The molecule has 3 aromatic rings. The Labute approximate surface area is 200 Å². The fraction of sp³-hybridized carbons (Fsp3) is 0.286. The van der Waals surface area contributed by atoms with Crippen molar-refractivity contribution in [2.75, 3.05) is 17.6 Å². The van der Waals surface area contributed by atoms with Gasteiger partial charge in [-0.1, -0.05) is 12.1 Å². The van der Waals surface area contributed by atoms with Gasteiger partial charge in [0.2, 0.25) is 15.0 Å². The van der Waals surface area contributed by atoms with Crippen molar-refractivity contribution in [2.24, 2.45) is 0 Å². The second-order valence-electron chi connectivity index (χ2n) is 7.94. The van der Waals surface area contributed by atoms with Crippen LogP contribution >= 0.6 is 0 Å². The van der Waals surface area contributed by atoms with Gasteiger partial charge in [0, 0.05) is 31.2 Å². The lowest BCUT2D eigenvalue weighted by atomic mass is 9.97. The third kappa shape index (κ3) is 5.61. The largest absolute Gasteiger partial charge is 0.417 e. The van der Waals surface area contributed by atoms with Crippen molar-refractivity contribution in [2.45, 2.75) is 30.5 Å². The average molecular weight is 533 g/mol. The highest BCUT2D eigenvalue weighted by molar-refractivity contribution is 7.91. The van der Waals surface area contributed by atoms with E-state index in [2.05, 4.69) is 20.3 Å². The molecule has 0 radical (unpaired) electrons. The summed E-state index contributed by atoms with van der Waals surface area (Å²) in [5.41, 5.74) is 0.880. The van der Waals surface area contributed by atoms with E-state index < -0.39 is 44.6 Å². The fourth-order valence-electron chi connectivity index (χ4n) is 3.69. The monoisotopic (exact) mass is 533 g/mol. The quantitative estimate of drug-likeness (QED) is 0.479. The summed E-state index contributed by atoms with van der Waals surface area (Å²) < 4.78 is 99.5. The molecule has 4 rings (SSSR count). The van der Waals surface area contributed by atoms with Gasteiger partial charge in [0.25, 0.3) is 5.91 Å². The van der Waals surface area contributed by atoms with Crippen molar-refractivity contribution < 1.29 is 39.6 Å². The lowest BCUT2D eigenvalue weighted by molar-refractivity contribution is -0.137. The van der Waals surface area contributed by atoms with Crippen LogP contribution < -0.4 is 5.32 Å². The maximum Gasteiger partial charge on any atom is 0.417 e. The molecule has 0 saturated heterocycles. The molecule has 8 nitrogen and oxygen atoms in total. The Morgan fingerprint density at radius 3 is 2.50 bits per heavy atom. The first-order valence-electron chi connectivity index (χ1n) is 10.3. The number of carbonyl (C=O) groups is 1. The molecule has 1 amide bonds.